The average molecular weight is 169 g/mol. The van der Waals surface area contributed by atoms with E-state index in [4.69, 9.17) is 5.73 Å². The molecule has 0 aromatic carbocycles. The van der Waals surface area contributed by atoms with Gasteiger partial charge in [-0.2, -0.15) is 0 Å². The van der Waals surface area contributed by atoms with Crippen molar-refractivity contribution in [2.45, 2.75) is 26.2 Å². The molecule has 70 valence electrons. The summed E-state index contributed by atoms with van der Waals surface area (Å²) < 4.78 is 0. The normalized spacial score (nSPS) is 21.5. The van der Waals surface area contributed by atoms with Crippen LogP contribution in [-0.4, -0.2) is 31.0 Å². The first kappa shape index (κ1) is 9.36. The lowest BCUT2D eigenvalue weighted by Crippen LogP contribution is -2.42. The van der Waals surface area contributed by atoms with Crippen molar-refractivity contribution >= 4 is 5.96 Å². The summed E-state index contributed by atoms with van der Waals surface area (Å²) in [6.45, 7) is 4.43. The van der Waals surface area contributed by atoms with Gasteiger partial charge in [0.25, 0.3) is 0 Å². The van der Waals surface area contributed by atoms with E-state index in [1.54, 1.807) is 7.05 Å². The molecule has 2 N–H and O–H groups in total. The first-order valence-electron chi connectivity index (χ1n) is 4.75. The number of guanidine groups is 1. The lowest BCUT2D eigenvalue weighted by molar-refractivity contribution is 0.259. The van der Waals surface area contributed by atoms with E-state index in [0.717, 1.165) is 19.0 Å². The molecule has 0 aromatic rings. The van der Waals surface area contributed by atoms with Gasteiger partial charge in [-0.15, -0.1) is 0 Å². The summed E-state index contributed by atoms with van der Waals surface area (Å²) in [7, 11) is 1.75. The van der Waals surface area contributed by atoms with Gasteiger partial charge >= 0.3 is 0 Å². The number of nitrogens with two attached hydrogens (primary N) is 1. The predicted molar refractivity (Wildman–Crippen MR) is 52.1 cm³/mol. The van der Waals surface area contributed by atoms with Gasteiger partial charge in [0.05, 0.1) is 0 Å². The Labute approximate surface area is 74.6 Å². The number of piperidine rings is 1. The van der Waals surface area contributed by atoms with E-state index in [2.05, 4.69) is 16.8 Å². The predicted octanol–water partition coefficient (Wildman–Crippen LogP) is 1.05. The third-order valence-electron chi connectivity index (χ3n) is 2.74. The highest BCUT2D eigenvalue weighted by Gasteiger charge is 2.18. The van der Waals surface area contributed by atoms with E-state index in [1.165, 1.54) is 19.3 Å². The number of hydrogen-bond acceptors (Lipinski definition) is 1. The van der Waals surface area contributed by atoms with Crippen molar-refractivity contribution in [2.24, 2.45) is 16.6 Å². The fraction of sp³-hybridized carbons (Fsp3) is 0.889. The molecule has 0 saturated carbocycles. The van der Waals surface area contributed by atoms with Gasteiger partial charge in [0, 0.05) is 20.1 Å². The van der Waals surface area contributed by atoms with Gasteiger partial charge in [0.1, 0.15) is 0 Å². The van der Waals surface area contributed by atoms with Crippen LogP contribution in [0.1, 0.15) is 26.2 Å². The highest BCUT2D eigenvalue weighted by atomic mass is 15.2. The SMILES string of the molecule is CCC1CCN(C(N)=NC)CC1. The minimum Gasteiger partial charge on any atom is -0.370 e. The van der Waals surface area contributed by atoms with Crippen molar-refractivity contribution in [1.82, 2.24) is 4.90 Å². The van der Waals surface area contributed by atoms with Crippen LogP contribution in [-0.2, 0) is 0 Å². The molecule has 0 amide bonds. The molecule has 0 unspecified atom stereocenters. The van der Waals surface area contributed by atoms with Crippen LogP contribution >= 0.6 is 0 Å². The molecule has 12 heavy (non-hydrogen) atoms. The topological polar surface area (TPSA) is 41.6 Å². The maximum absolute atomic E-state index is 5.71. The zero-order valence-corrected chi connectivity index (χ0v) is 8.08. The Morgan fingerprint density at radius 1 is 1.50 bits per heavy atom. The van der Waals surface area contributed by atoms with Crippen molar-refractivity contribution in [3.8, 4) is 0 Å². The van der Waals surface area contributed by atoms with E-state index in [-0.39, 0.29) is 0 Å². The molecule has 1 aliphatic heterocycles. The van der Waals surface area contributed by atoms with E-state index in [9.17, 15) is 0 Å². The summed E-state index contributed by atoms with van der Waals surface area (Å²) in [5, 5.41) is 0. The third-order valence-corrected chi connectivity index (χ3v) is 2.74. The zero-order valence-electron chi connectivity index (χ0n) is 8.08. The second-order valence-corrected chi connectivity index (χ2v) is 3.42. The Morgan fingerprint density at radius 3 is 2.50 bits per heavy atom. The second-order valence-electron chi connectivity index (χ2n) is 3.42. The van der Waals surface area contributed by atoms with E-state index < -0.39 is 0 Å². The molecular formula is C9H19N3. The van der Waals surface area contributed by atoms with Gasteiger partial charge in [-0.3, -0.25) is 4.99 Å². The Morgan fingerprint density at radius 2 is 2.08 bits per heavy atom. The molecule has 1 saturated heterocycles. The van der Waals surface area contributed by atoms with Crippen molar-refractivity contribution < 1.29 is 0 Å². The third kappa shape index (κ3) is 2.13. The second kappa shape index (κ2) is 4.33. The van der Waals surface area contributed by atoms with Gasteiger partial charge in [-0.05, 0) is 18.8 Å². The molecule has 0 bridgehead atoms. The highest BCUT2D eigenvalue weighted by molar-refractivity contribution is 5.77. The molecule has 0 spiro atoms. The minimum atomic E-state index is 0.699. The van der Waals surface area contributed by atoms with Gasteiger partial charge in [0.2, 0.25) is 0 Å². The van der Waals surface area contributed by atoms with Crippen molar-refractivity contribution in [3.05, 3.63) is 0 Å². The largest absolute Gasteiger partial charge is 0.370 e. The maximum Gasteiger partial charge on any atom is 0.190 e. The molecule has 1 fully saturated rings. The highest BCUT2D eigenvalue weighted by Crippen LogP contribution is 2.19. The molecule has 0 atom stereocenters. The number of aliphatic imine (C=N–C) groups is 1. The summed E-state index contributed by atoms with van der Waals surface area (Å²) in [6.07, 6.45) is 3.84. The van der Waals surface area contributed by atoms with Crippen LogP contribution in [0.25, 0.3) is 0 Å². The zero-order chi connectivity index (χ0) is 8.97. The van der Waals surface area contributed by atoms with Gasteiger partial charge in [-0.25, -0.2) is 0 Å². The van der Waals surface area contributed by atoms with Crippen LogP contribution in [0.4, 0.5) is 0 Å². The summed E-state index contributed by atoms with van der Waals surface area (Å²) in [6, 6.07) is 0. The van der Waals surface area contributed by atoms with Gasteiger partial charge < -0.3 is 10.6 Å². The minimum absolute atomic E-state index is 0.699. The van der Waals surface area contributed by atoms with Gasteiger partial charge in [-0.1, -0.05) is 13.3 Å². The van der Waals surface area contributed by atoms with E-state index >= 15 is 0 Å². The van der Waals surface area contributed by atoms with Crippen LogP contribution in [0.5, 0.6) is 0 Å². The van der Waals surface area contributed by atoms with Crippen LogP contribution in [0.3, 0.4) is 0 Å². The van der Waals surface area contributed by atoms with Crippen molar-refractivity contribution in [3.63, 3.8) is 0 Å². The maximum atomic E-state index is 5.71. The van der Waals surface area contributed by atoms with Crippen molar-refractivity contribution in [1.29, 1.82) is 0 Å². The molecule has 3 nitrogen and oxygen atoms in total. The molecule has 0 aromatic heterocycles. The molecule has 1 rings (SSSR count). The van der Waals surface area contributed by atoms with Crippen molar-refractivity contribution in [2.75, 3.05) is 20.1 Å². The van der Waals surface area contributed by atoms with Crippen LogP contribution in [0.15, 0.2) is 4.99 Å². The monoisotopic (exact) mass is 169 g/mol. The molecule has 3 heteroatoms. The molecule has 1 heterocycles. The molecule has 1 aliphatic rings. The standard InChI is InChI=1S/C9H19N3/c1-3-8-4-6-12(7-5-8)9(10)11-2/h8H,3-7H2,1-2H3,(H2,10,11). The van der Waals surface area contributed by atoms with Crippen LogP contribution < -0.4 is 5.73 Å². The average Bonchev–Trinajstić information content (AvgIpc) is 2.17. The lowest BCUT2D eigenvalue weighted by atomic mass is 9.95. The number of rotatable bonds is 1. The number of hydrogen-bond donors (Lipinski definition) is 1. The summed E-state index contributed by atoms with van der Waals surface area (Å²) in [5.74, 6) is 1.61. The van der Waals surface area contributed by atoms with Crippen LogP contribution in [0, 0.1) is 5.92 Å². The molecule has 0 radical (unpaired) electrons. The summed E-state index contributed by atoms with van der Waals surface area (Å²) in [4.78, 5) is 6.16. The Bertz CT molecular complexity index is 157. The summed E-state index contributed by atoms with van der Waals surface area (Å²) >= 11 is 0. The fourth-order valence-electron chi connectivity index (χ4n) is 1.71. The lowest BCUT2D eigenvalue weighted by Gasteiger charge is -2.31. The van der Waals surface area contributed by atoms with E-state index in [0.29, 0.717) is 5.96 Å². The Balaban J connectivity index is 2.36. The fourth-order valence-corrected chi connectivity index (χ4v) is 1.71. The molecular weight excluding hydrogens is 150 g/mol. The smallest absolute Gasteiger partial charge is 0.190 e. The van der Waals surface area contributed by atoms with E-state index in [1.807, 2.05) is 0 Å². The first-order valence-corrected chi connectivity index (χ1v) is 4.75. The molecule has 0 aliphatic carbocycles. The Kier molecular flexibility index (Phi) is 3.38. The van der Waals surface area contributed by atoms with Gasteiger partial charge in [0.15, 0.2) is 5.96 Å². The van der Waals surface area contributed by atoms with Crippen LogP contribution in [0.2, 0.25) is 0 Å². The quantitative estimate of drug-likeness (QED) is 0.471. The number of nitrogens with zero attached hydrogens (tertiary/aromatic N) is 2. The summed E-state index contributed by atoms with van der Waals surface area (Å²) in [5.41, 5.74) is 5.71. The first-order chi connectivity index (χ1) is 5.77. The Hall–Kier alpha value is -0.730. The number of likely N-dealkylation sites (tertiary alicyclic amines) is 1.